The molecule has 0 aromatic rings. The summed E-state index contributed by atoms with van der Waals surface area (Å²) >= 11 is 0. The minimum Gasteiger partial charge on any atom is -0.481 e. The Bertz CT molecular complexity index is 492. The predicted octanol–water partition coefficient (Wildman–Crippen LogP) is -0.503. The standard InChI is InChI=1S/C15H27N3O6/c1-7(2)11(16)14(22)18(5)12(8(3)4)13(21)17-9(15(23)24)6-10(19)20/h7-9,11-12H,6,16H2,1-5H3,(H,17,21)(H,19,20)(H,23,24)/t9-,11-,12-/m0/s1. The quantitative estimate of drug-likeness (QED) is 0.440. The topological polar surface area (TPSA) is 150 Å². The van der Waals surface area contributed by atoms with Crippen LogP contribution in [0.25, 0.3) is 0 Å². The highest BCUT2D eigenvalue weighted by molar-refractivity contribution is 5.92. The Balaban J connectivity index is 5.29. The minimum atomic E-state index is -1.57. The van der Waals surface area contributed by atoms with E-state index in [4.69, 9.17) is 15.9 Å². The largest absolute Gasteiger partial charge is 0.481 e. The van der Waals surface area contributed by atoms with Crippen LogP contribution in [0.15, 0.2) is 0 Å². The van der Waals surface area contributed by atoms with Crippen molar-refractivity contribution in [1.82, 2.24) is 10.2 Å². The number of nitrogens with one attached hydrogen (secondary N) is 1. The molecule has 0 rings (SSSR count). The molecule has 9 nitrogen and oxygen atoms in total. The first-order chi connectivity index (χ1) is 10.9. The number of hydrogen-bond donors (Lipinski definition) is 4. The zero-order valence-corrected chi connectivity index (χ0v) is 14.6. The molecule has 138 valence electrons. The third-order valence-electron chi connectivity index (χ3n) is 3.66. The molecule has 0 aliphatic carbocycles. The molecule has 9 heteroatoms. The van der Waals surface area contributed by atoms with Crippen molar-refractivity contribution in [3.8, 4) is 0 Å². The molecule has 0 aliphatic rings. The third-order valence-corrected chi connectivity index (χ3v) is 3.66. The molecule has 0 unspecified atom stereocenters. The van der Waals surface area contributed by atoms with Crippen molar-refractivity contribution >= 4 is 23.8 Å². The van der Waals surface area contributed by atoms with Crippen molar-refractivity contribution in [2.75, 3.05) is 7.05 Å². The molecule has 24 heavy (non-hydrogen) atoms. The molecule has 0 saturated heterocycles. The average Bonchev–Trinajstić information content (AvgIpc) is 2.43. The van der Waals surface area contributed by atoms with Gasteiger partial charge in [0.15, 0.2) is 0 Å². The van der Waals surface area contributed by atoms with Gasteiger partial charge in [-0.1, -0.05) is 27.7 Å². The number of amides is 2. The van der Waals surface area contributed by atoms with Crippen LogP contribution >= 0.6 is 0 Å². The first-order valence-corrected chi connectivity index (χ1v) is 7.67. The van der Waals surface area contributed by atoms with Crippen molar-refractivity contribution in [3.63, 3.8) is 0 Å². The van der Waals surface area contributed by atoms with E-state index < -0.39 is 48.3 Å². The highest BCUT2D eigenvalue weighted by Crippen LogP contribution is 2.13. The molecule has 0 heterocycles. The summed E-state index contributed by atoms with van der Waals surface area (Å²) in [6.45, 7) is 6.94. The van der Waals surface area contributed by atoms with Crippen LogP contribution in [-0.4, -0.2) is 64.0 Å². The molecule has 0 spiro atoms. The Hall–Kier alpha value is -2.16. The molecule has 3 atom stereocenters. The van der Waals surface area contributed by atoms with Crippen LogP contribution in [-0.2, 0) is 19.2 Å². The minimum absolute atomic E-state index is 0.130. The molecule has 0 radical (unpaired) electrons. The molecule has 2 amide bonds. The lowest BCUT2D eigenvalue weighted by molar-refractivity contribution is -0.149. The van der Waals surface area contributed by atoms with Crippen LogP contribution in [0.4, 0.5) is 0 Å². The number of nitrogens with zero attached hydrogens (tertiary/aromatic N) is 1. The highest BCUT2D eigenvalue weighted by atomic mass is 16.4. The second-order valence-electron chi connectivity index (χ2n) is 6.41. The second-order valence-corrected chi connectivity index (χ2v) is 6.41. The Kier molecular flexibility index (Phi) is 8.38. The van der Waals surface area contributed by atoms with E-state index in [-0.39, 0.29) is 11.8 Å². The zero-order chi connectivity index (χ0) is 19.2. The number of rotatable bonds is 9. The van der Waals surface area contributed by atoms with Crippen LogP contribution in [0.2, 0.25) is 0 Å². The molecule has 0 saturated carbocycles. The molecule has 5 N–H and O–H groups in total. The van der Waals surface area contributed by atoms with Gasteiger partial charge in [0.1, 0.15) is 12.1 Å². The van der Waals surface area contributed by atoms with Crippen molar-refractivity contribution in [2.24, 2.45) is 17.6 Å². The zero-order valence-electron chi connectivity index (χ0n) is 14.6. The average molecular weight is 345 g/mol. The molecule has 0 aromatic heterocycles. The van der Waals surface area contributed by atoms with Gasteiger partial charge in [-0.15, -0.1) is 0 Å². The monoisotopic (exact) mass is 345 g/mol. The maximum absolute atomic E-state index is 12.4. The van der Waals surface area contributed by atoms with Crippen LogP contribution < -0.4 is 11.1 Å². The summed E-state index contributed by atoms with van der Waals surface area (Å²) in [5.41, 5.74) is 5.82. The molecular weight excluding hydrogens is 318 g/mol. The van der Waals surface area contributed by atoms with Crippen molar-refractivity contribution in [1.29, 1.82) is 0 Å². The van der Waals surface area contributed by atoms with Gasteiger partial charge < -0.3 is 26.2 Å². The fraction of sp³-hybridized carbons (Fsp3) is 0.733. The van der Waals surface area contributed by atoms with Crippen molar-refractivity contribution in [2.45, 2.75) is 52.2 Å². The van der Waals surface area contributed by atoms with Crippen molar-refractivity contribution in [3.05, 3.63) is 0 Å². The van der Waals surface area contributed by atoms with Gasteiger partial charge in [-0.05, 0) is 11.8 Å². The second kappa shape index (κ2) is 9.21. The number of aliphatic carboxylic acids is 2. The molecule has 0 bridgehead atoms. The summed E-state index contributed by atoms with van der Waals surface area (Å²) < 4.78 is 0. The van der Waals surface area contributed by atoms with E-state index in [1.54, 1.807) is 27.7 Å². The SMILES string of the molecule is CC(C)[C@H](N)C(=O)N(C)[C@H](C(=O)N[C@@H](CC(=O)O)C(=O)O)C(C)C. The number of carbonyl (C=O) groups excluding carboxylic acids is 2. The van der Waals surface area contributed by atoms with Gasteiger partial charge in [0, 0.05) is 7.05 Å². The molecular formula is C15H27N3O6. The van der Waals surface area contributed by atoms with Gasteiger partial charge in [-0.2, -0.15) is 0 Å². The van der Waals surface area contributed by atoms with Crippen LogP contribution in [0.3, 0.4) is 0 Å². The maximum atomic E-state index is 12.4. The van der Waals surface area contributed by atoms with Gasteiger partial charge in [0.25, 0.3) is 0 Å². The van der Waals surface area contributed by atoms with Gasteiger partial charge >= 0.3 is 11.9 Å². The Morgan fingerprint density at radius 2 is 1.54 bits per heavy atom. The number of carboxylic acid groups (broad SMARTS) is 2. The summed E-state index contributed by atoms with van der Waals surface area (Å²) in [4.78, 5) is 47.7. The van der Waals surface area contributed by atoms with Crippen LogP contribution in [0, 0.1) is 11.8 Å². The Morgan fingerprint density at radius 3 is 1.88 bits per heavy atom. The van der Waals surface area contributed by atoms with E-state index in [1.807, 2.05) is 0 Å². The lowest BCUT2D eigenvalue weighted by Crippen LogP contribution is -2.57. The fourth-order valence-corrected chi connectivity index (χ4v) is 2.22. The summed E-state index contributed by atoms with van der Waals surface area (Å²) in [6, 6.07) is -3.32. The van der Waals surface area contributed by atoms with E-state index in [2.05, 4.69) is 5.32 Å². The Morgan fingerprint density at radius 1 is 1.04 bits per heavy atom. The predicted molar refractivity (Wildman–Crippen MR) is 86.0 cm³/mol. The molecule has 0 aliphatic heterocycles. The summed E-state index contributed by atoms with van der Waals surface area (Å²) in [6.07, 6.45) is -0.755. The van der Waals surface area contributed by atoms with Crippen molar-refractivity contribution < 1.29 is 29.4 Å². The van der Waals surface area contributed by atoms with Gasteiger partial charge in [0.2, 0.25) is 11.8 Å². The number of carboxylic acids is 2. The van der Waals surface area contributed by atoms with Gasteiger partial charge in [0.05, 0.1) is 12.5 Å². The normalized spacial score (nSPS) is 14.8. The van der Waals surface area contributed by atoms with E-state index in [0.717, 1.165) is 0 Å². The number of nitrogens with two attached hydrogens (primary N) is 1. The highest BCUT2D eigenvalue weighted by Gasteiger charge is 2.35. The summed E-state index contributed by atoms with van der Waals surface area (Å²) in [5.74, 6) is -4.43. The number of likely N-dealkylation sites (N-methyl/N-ethyl adjacent to an activating group) is 1. The first kappa shape index (κ1) is 21.8. The molecule has 0 aromatic carbocycles. The van der Waals surface area contributed by atoms with E-state index in [0.29, 0.717) is 0 Å². The van der Waals surface area contributed by atoms with Gasteiger partial charge in [-0.3, -0.25) is 14.4 Å². The van der Waals surface area contributed by atoms with E-state index >= 15 is 0 Å². The smallest absolute Gasteiger partial charge is 0.326 e. The van der Waals surface area contributed by atoms with E-state index in [1.165, 1.54) is 11.9 Å². The third kappa shape index (κ3) is 6.15. The number of carbonyl (C=O) groups is 4. The first-order valence-electron chi connectivity index (χ1n) is 7.67. The van der Waals surface area contributed by atoms with Crippen LogP contribution in [0.1, 0.15) is 34.1 Å². The summed E-state index contributed by atoms with van der Waals surface area (Å²) in [5, 5.41) is 19.9. The van der Waals surface area contributed by atoms with E-state index in [9.17, 15) is 19.2 Å². The Labute approximate surface area is 141 Å². The lowest BCUT2D eigenvalue weighted by Gasteiger charge is -2.33. The fourth-order valence-electron chi connectivity index (χ4n) is 2.22. The number of hydrogen-bond acceptors (Lipinski definition) is 5. The van der Waals surface area contributed by atoms with Crippen LogP contribution in [0.5, 0.6) is 0 Å². The molecule has 0 fully saturated rings. The summed E-state index contributed by atoms with van der Waals surface area (Å²) in [7, 11) is 1.42. The lowest BCUT2D eigenvalue weighted by atomic mass is 9.98. The maximum Gasteiger partial charge on any atom is 0.326 e. The van der Waals surface area contributed by atoms with Gasteiger partial charge in [-0.25, -0.2) is 4.79 Å².